The number of aryl methyl sites for hydroxylation is 3. The second kappa shape index (κ2) is 9.19. The fraction of sp³-hybridized carbons (Fsp3) is 0.500. The van der Waals surface area contributed by atoms with Gasteiger partial charge in [-0.1, -0.05) is 12.1 Å². The standard InChI is InChI=1S/C22H31N7O/c1-16-7-8-18-17(15-26-19(18)14-16)9-11-25-21(23-2)24-10-5-13-29-22(30)28-12-4-3-6-20(28)27-29/h7-8,14-15,26H,3-6,9-13H2,1-2H3,(H2,23,24,25). The van der Waals surface area contributed by atoms with Gasteiger partial charge in [0.25, 0.3) is 0 Å². The van der Waals surface area contributed by atoms with E-state index in [-0.39, 0.29) is 5.69 Å². The minimum absolute atomic E-state index is 0.0288. The number of benzene rings is 1. The second-order valence-electron chi connectivity index (χ2n) is 7.92. The zero-order valence-electron chi connectivity index (χ0n) is 17.9. The quantitative estimate of drug-likeness (QED) is 0.316. The van der Waals surface area contributed by atoms with Crippen molar-refractivity contribution in [1.82, 2.24) is 30.0 Å². The van der Waals surface area contributed by atoms with Gasteiger partial charge in [0.1, 0.15) is 5.82 Å². The number of guanidine groups is 1. The summed E-state index contributed by atoms with van der Waals surface area (Å²) in [6.45, 7) is 5.07. The summed E-state index contributed by atoms with van der Waals surface area (Å²) in [5.74, 6) is 1.71. The molecule has 0 unspecified atom stereocenters. The summed E-state index contributed by atoms with van der Waals surface area (Å²) in [5, 5.41) is 12.5. The van der Waals surface area contributed by atoms with E-state index in [4.69, 9.17) is 0 Å². The molecular formula is C22H31N7O. The summed E-state index contributed by atoms with van der Waals surface area (Å²) >= 11 is 0. The van der Waals surface area contributed by atoms with Gasteiger partial charge in [0.15, 0.2) is 5.96 Å². The van der Waals surface area contributed by atoms with Crippen molar-refractivity contribution in [2.75, 3.05) is 20.1 Å². The molecule has 30 heavy (non-hydrogen) atoms. The maximum Gasteiger partial charge on any atom is 0.345 e. The Labute approximate surface area is 176 Å². The van der Waals surface area contributed by atoms with Crippen molar-refractivity contribution < 1.29 is 0 Å². The molecule has 0 fully saturated rings. The van der Waals surface area contributed by atoms with E-state index < -0.39 is 0 Å². The van der Waals surface area contributed by atoms with Crippen molar-refractivity contribution in [3.05, 3.63) is 51.8 Å². The first-order chi connectivity index (χ1) is 14.7. The minimum atomic E-state index is 0.0288. The van der Waals surface area contributed by atoms with Gasteiger partial charge in [-0.05, 0) is 49.8 Å². The first kappa shape index (κ1) is 20.3. The van der Waals surface area contributed by atoms with E-state index in [9.17, 15) is 4.79 Å². The summed E-state index contributed by atoms with van der Waals surface area (Å²) < 4.78 is 3.43. The predicted octanol–water partition coefficient (Wildman–Crippen LogP) is 1.97. The monoisotopic (exact) mass is 409 g/mol. The van der Waals surface area contributed by atoms with Crippen LogP contribution in [-0.4, -0.2) is 45.4 Å². The molecule has 0 saturated carbocycles. The fourth-order valence-corrected chi connectivity index (χ4v) is 4.07. The van der Waals surface area contributed by atoms with Crippen LogP contribution in [0.15, 0.2) is 34.2 Å². The van der Waals surface area contributed by atoms with Gasteiger partial charge in [-0.3, -0.25) is 9.56 Å². The first-order valence-corrected chi connectivity index (χ1v) is 10.8. The topological polar surface area (TPSA) is 92.0 Å². The van der Waals surface area contributed by atoms with Gasteiger partial charge in [-0.15, -0.1) is 0 Å². The molecule has 8 nitrogen and oxygen atoms in total. The molecule has 1 aliphatic rings. The zero-order chi connectivity index (χ0) is 20.9. The molecule has 0 aliphatic carbocycles. The van der Waals surface area contributed by atoms with Crippen LogP contribution in [0.4, 0.5) is 0 Å². The highest BCUT2D eigenvalue weighted by molar-refractivity contribution is 5.84. The van der Waals surface area contributed by atoms with Gasteiger partial charge in [-0.25, -0.2) is 9.48 Å². The van der Waals surface area contributed by atoms with E-state index in [1.54, 1.807) is 11.7 Å². The molecule has 0 radical (unpaired) electrons. The molecule has 0 spiro atoms. The highest BCUT2D eigenvalue weighted by atomic mass is 16.2. The molecular weight excluding hydrogens is 378 g/mol. The van der Waals surface area contributed by atoms with Crippen LogP contribution in [0, 0.1) is 6.92 Å². The number of nitrogens with zero attached hydrogens (tertiary/aromatic N) is 4. The van der Waals surface area contributed by atoms with E-state index in [0.29, 0.717) is 6.54 Å². The smallest absolute Gasteiger partial charge is 0.345 e. The predicted molar refractivity (Wildman–Crippen MR) is 120 cm³/mol. The molecule has 160 valence electrons. The Hall–Kier alpha value is -3.03. The largest absolute Gasteiger partial charge is 0.361 e. The number of aromatic nitrogens is 4. The van der Waals surface area contributed by atoms with E-state index >= 15 is 0 Å². The van der Waals surface area contributed by atoms with E-state index in [1.165, 1.54) is 22.0 Å². The lowest BCUT2D eigenvalue weighted by molar-refractivity contribution is 0.509. The molecule has 0 atom stereocenters. The number of hydrogen-bond donors (Lipinski definition) is 3. The summed E-state index contributed by atoms with van der Waals surface area (Å²) in [7, 11) is 1.78. The lowest BCUT2D eigenvalue weighted by Crippen LogP contribution is -2.39. The third-order valence-electron chi connectivity index (χ3n) is 5.70. The van der Waals surface area contributed by atoms with Crippen LogP contribution in [0.3, 0.4) is 0 Å². The fourth-order valence-electron chi connectivity index (χ4n) is 4.07. The number of aliphatic imine (C=N–C) groups is 1. The molecule has 8 heteroatoms. The van der Waals surface area contributed by atoms with Crippen LogP contribution in [0.5, 0.6) is 0 Å². The number of nitrogens with one attached hydrogen (secondary N) is 3. The SMILES string of the molecule is CN=C(NCCCn1nc2n(c1=O)CCCC2)NCCc1c[nH]c2cc(C)ccc12. The van der Waals surface area contributed by atoms with Crippen LogP contribution in [-0.2, 0) is 25.9 Å². The molecule has 0 amide bonds. The zero-order valence-corrected chi connectivity index (χ0v) is 17.9. The molecule has 3 N–H and O–H groups in total. The summed E-state index contributed by atoms with van der Waals surface area (Å²) in [5.41, 5.74) is 3.78. The second-order valence-corrected chi connectivity index (χ2v) is 7.92. The Morgan fingerprint density at radius 1 is 1.27 bits per heavy atom. The average Bonchev–Trinajstić information content (AvgIpc) is 3.30. The lowest BCUT2D eigenvalue weighted by Gasteiger charge is -2.11. The van der Waals surface area contributed by atoms with Crippen LogP contribution in [0.2, 0.25) is 0 Å². The summed E-state index contributed by atoms with van der Waals surface area (Å²) in [6.07, 6.45) is 6.92. The third-order valence-corrected chi connectivity index (χ3v) is 5.70. The van der Waals surface area contributed by atoms with Crippen molar-refractivity contribution in [2.45, 2.75) is 52.1 Å². The number of fused-ring (bicyclic) bond motifs is 2. The molecule has 3 aromatic rings. The van der Waals surface area contributed by atoms with Crippen molar-refractivity contribution in [1.29, 1.82) is 0 Å². The molecule has 0 bridgehead atoms. The van der Waals surface area contributed by atoms with Gasteiger partial charge < -0.3 is 15.6 Å². The van der Waals surface area contributed by atoms with E-state index in [0.717, 1.165) is 63.5 Å². The molecule has 4 rings (SSSR count). The van der Waals surface area contributed by atoms with Crippen LogP contribution in [0.25, 0.3) is 10.9 Å². The lowest BCUT2D eigenvalue weighted by atomic mass is 10.1. The van der Waals surface area contributed by atoms with Crippen molar-refractivity contribution in [2.24, 2.45) is 4.99 Å². The van der Waals surface area contributed by atoms with Crippen molar-refractivity contribution in [3.63, 3.8) is 0 Å². The number of H-pyrrole nitrogens is 1. The van der Waals surface area contributed by atoms with Crippen molar-refractivity contribution in [3.8, 4) is 0 Å². The van der Waals surface area contributed by atoms with Crippen molar-refractivity contribution >= 4 is 16.9 Å². The Kier molecular flexibility index (Phi) is 6.21. The van der Waals surface area contributed by atoms with Gasteiger partial charge in [-0.2, -0.15) is 5.10 Å². The summed E-state index contributed by atoms with van der Waals surface area (Å²) in [6, 6.07) is 6.50. The average molecular weight is 410 g/mol. The van der Waals surface area contributed by atoms with E-state index in [1.807, 2.05) is 4.57 Å². The Morgan fingerprint density at radius 2 is 2.13 bits per heavy atom. The highest BCUT2D eigenvalue weighted by Gasteiger charge is 2.16. The Morgan fingerprint density at radius 3 is 2.97 bits per heavy atom. The number of aromatic amines is 1. The maximum absolute atomic E-state index is 12.4. The normalized spacial score (nSPS) is 14.1. The molecule has 1 aromatic carbocycles. The molecule has 0 saturated heterocycles. The maximum atomic E-state index is 12.4. The highest BCUT2D eigenvalue weighted by Crippen LogP contribution is 2.19. The van der Waals surface area contributed by atoms with Gasteiger partial charge in [0.2, 0.25) is 0 Å². The Bertz CT molecular complexity index is 1090. The number of hydrogen-bond acceptors (Lipinski definition) is 3. The summed E-state index contributed by atoms with van der Waals surface area (Å²) in [4.78, 5) is 20.0. The van der Waals surface area contributed by atoms with Gasteiger partial charge in [0, 0.05) is 56.7 Å². The Balaban J connectivity index is 1.22. The van der Waals surface area contributed by atoms with Crippen LogP contribution >= 0.6 is 0 Å². The van der Waals surface area contributed by atoms with Gasteiger partial charge in [0.05, 0.1) is 0 Å². The van der Waals surface area contributed by atoms with Gasteiger partial charge >= 0.3 is 5.69 Å². The number of rotatable bonds is 7. The molecule has 3 heterocycles. The van der Waals surface area contributed by atoms with E-state index in [2.05, 4.69) is 57.0 Å². The third kappa shape index (κ3) is 4.42. The minimum Gasteiger partial charge on any atom is -0.361 e. The van der Waals surface area contributed by atoms with Crippen LogP contribution in [0.1, 0.15) is 36.2 Å². The molecule has 1 aliphatic heterocycles. The van der Waals surface area contributed by atoms with Crippen LogP contribution < -0.4 is 16.3 Å². The first-order valence-electron chi connectivity index (χ1n) is 10.8. The molecule has 2 aromatic heterocycles.